The second-order valence-corrected chi connectivity index (χ2v) is 6.01. The third-order valence-electron chi connectivity index (χ3n) is 3.69. The summed E-state index contributed by atoms with van der Waals surface area (Å²) in [6.07, 6.45) is 2.34. The zero-order valence-electron chi connectivity index (χ0n) is 10.0. The normalized spacial score (nSPS) is 18.3. The summed E-state index contributed by atoms with van der Waals surface area (Å²) in [4.78, 5) is 0. The molecular formula is C13H18BrNO. The Hall–Kier alpha value is -0.540. The summed E-state index contributed by atoms with van der Waals surface area (Å²) in [5.74, 6) is 0.882. The number of ether oxygens (including phenoxy) is 1. The van der Waals surface area contributed by atoms with Gasteiger partial charge in [-0.25, -0.2) is 0 Å². The van der Waals surface area contributed by atoms with Crippen LogP contribution in [0.15, 0.2) is 22.7 Å². The first-order valence-corrected chi connectivity index (χ1v) is 6.33. The van der Waals surface area contributed by atoms with Crippen LogP contribution in [0.2, 0.25) is 0 Å². The minimum absolute atomic E-state index is 0.140. The third kappa shape index (κ3) is 1.76. The molecule has 2 N–H and O–H groups in total. The van der Waals surface area contributed by atoms with Gasteiger partial charge in [-0.05, 0) is 60.3 Å². The topological polar surface area (TPSA) is 35.2 Å². The summed E-state index contributed by atoms with van der Waals surface area (Å²) in [6.45, 7) is 4.21. The van der Waals surface area contributed by atoms with Crippen molar-refractivity contribution in [1.82, 2.24) is 0 Å². The second-order valence-electron chi connectivity index (χ2n) is 5.15. The van der Waals surface area contributed by atoms with Crippen molar-refractivity contribution in [2.24, 2.45) is 5.73 Å². The van der Waals surface area contributed by atoms with Crippen molar-refractivity contribution in [3.8, 4) is 5.75 Å². The number of nitrogens with two attached hydrogens (primary N) is 1. The molecule has 0 bridgehead atoms. The van der Waals surface area contributed by atoms with Crippen LogP contribution >= 0.6 is 15.9 Å². The molecular weight excluding hydrogens is 266 g/mol. The maximum atomic E-state index is 6.28. The van der Waals surface area contributed by atoms with Crippen LogP contribution in [0.25, 0.3) is 0 Å². The summed E-state index contributed by atoms with van der Waals surface area (Å²) in [7, 11) is 1.69. The van der Waals surface area contributed by atoms with Gasteiger partial charge in [0.2, 0.25) is 0 Å². The molecule has 0 aromatic heterocycles. The molecule has 1 aromatic rings. The molecule has 1 aliphatic carbocycles. The Morgan fingerprint density at radius 1 is 1.38 bits per heavy atom. The Bertz CT molecular complexity index is 405. The predicted molar refractivity (Wildman–Crippen MR) is 69.9 cm³/mol. The van der Waals surface area contributed by atoms with E-state index < -0.39 is 0 Å². The SMILES string of the molecule is COc1cc(C2(C(C)(C)N)CC2)ccc1Br. The van der Waals surface area contributed by atoms with Crippen LogP contribution in [-0.2, 0) is 5.41 Å². The van der Waals surface area contributed by atoms with Crippen LogP contribution in [0.5, 0.6) is 5.75 Å². The molecule has 0 heterocycles. The number of benzene rings is 1. The molecule has 3 heteroatoms. The molecule has 0 radical (unpaired) electrons. The quantitative estimate of drug-likeness (QED) is 0.925. The molecule has 16 heavy (non-hydrogen) atoms. The first-order valence-electron chi connectivity index (χ1n) is 5.54. The largest absolute Gasteiger partial charge is 0.496 e. The van der Waals surface area contributed by atoms with Crippen LogP contribution in [0.1, 0.15) is 32.3 Å². The fraction of sp³-hybridized carbons (Fsp3) is 0.538. The van der Waals surface area contributed by atoms with Crippen molar-refractivity contribution < 1.29 is 4.74 Å². The van der Waals surface area contributed by atoms with Crippen LogP contribution in [0.4, 0.5) is 0 Å². The molecule has 0 saturated heterocycles. The van der Waals surface area contributed by atoms with E-state index in [2.05, 4.69) is 41.9 Å². The van der Waals surface area contributed by atoms with Gasteiger partial charge >= 0.3 is 0 Å². The second kappa shape index (κ2) is 3.74. The molecule has 88 valence electrons. The summed E-state index contributed by atoms with van der Waals surface area (Å²) in [5.41, 5.74) is 7.54. The minimum Gasteiger partial charge on any atom is -0.496 e. The van der Waals surface area contributed by atoms with E-state index >= 15 is 0 Å². The molecule has 1 fully saturated rings. The number of halogens is 1. The first kappa shape index (κ1) is 11.9. The third-order valence-corrected chi connectivity index (χ3v) is 4.34. The zero-order valence-corrected chi connectivity index (χ0v) is 11.6. The predicted octanol–water partition coefficient (Wildman–Crippen LogP) is 3.23. The highest BCUT2D eigenvalue weighted by Gasteiger charge is 2.53. The summed E-state index contributed by atoms with van der Waals surface area (Å²) < 4.78 is 6.32. The highest BCUT2D eigenvalue weighted by Crippen LogP contribution is 2.55. The Morgan fingerprint density at radius 2 is 2.00 bits per heavy atom. The lowest BCUT2D eigenvalue weighted by Gasteiger charge is -2.31. The van der Waals surface area contributed by atoms with Crippen LogP contribution in [0, 0.1) is 0 Å². The van der Waals surface area contributed by atoms with Gasteiger partial charge in [0, 0.05) is 11.0 Å². The number of hydrogen-bond donors (Lipinski definition) is 1. The number of rotatable bonds is 3. The van der Waals surface area contributed by atoms with Gasteiger partial charge in [0.25, 0.3) is 0 Å². The van der Waals surface area contributed by atoms with Crippen molar-refractivity contribution in [2.75, 3.05) is 7.11 Å². The van der Waals surface area contributed by atoms with Crippen molar-refractivity contribution in [2.45, 2.75) is 37.6 Å². The highest BCUT2D eigenvalue weighted by molar-refractivity contribution is 9.10. The first-order chi connectivity index (χ1) is 7.40. The van der Waals surface area contributed by atoms with Crippen LogP contribution in [0.3, 0.4) is 0 Å². The van der Waals surface area contributed by atoms with E-state index in [9.17, 15) is 0 Å². The summed E-state index contributed by atoms with van der Waals surface area (Å²) in [5, 5.41) is 0. The van der Waals surface area contributed by atoms with Crippen molar-refractivity contribution >= 4 is 15.9 Å². The van der Waals surface area contributed by atoms with E-state index in [1.54, 1.807) is 7.11 Å². The van der Waals surface area contributed by atoms with Crippen molar-refractivity contribution in [3.63, 3.8) is 0 Å². The fourth-order valence-electron chi connectivity index (χ4n) is 2.39. The maximum Gasteiger partial charge on any atom is 0.133 e. The van der Waals surface area contributed by atoms with Gasteiger partial charge in [0.1, 0.15) is 5.75 Å². The van der Waals surface area contributed by atoms with Crippen molar-refractivity contribution in [3.05, 3.63) is 28.2 Å². The molecule has 1 aliphatic rings. The van der Waals surface area contributed by atoms with Gasteiger partial charge < -0.3 is 10.5 Å². The average molecular weight is 284 g/mol. The Kier molecular flexibility index (Phi) is 2.79. The number of methoxy groups -OCH3 is 1. The van der Waals surface area contributed by atoms with E-state index in [1.807, 2.05) is 6.07 Å². The van der Waals surface area contributed by atoms with Gasteiger partial charge in [-0.3, -0.25) is 0 Å². The van der Waals surface area contributed by atoms with E-state index in [0.29, 0.717) is 0 Å². The van der Waals surface area contributed by atoms with E-state index in [0.717, 1.165) is 10.2 Å². The van der Waals surface area contributed by atoms with Gasteiger partial charge in [0.05, 0.1) is 11.6 Å². The smallest absolute Gasteiger partial charge is 0.133 e. The molecule has 1 aromatic carbocycles. The van der Waals surface area contributed by atoms with Gasteiger partial charge in [-0.1, -0.05) is 6.07 Å². The molecule has 0 unspecified atom stereocenters. The Balaban J connectivity index is 2.42. The molecule has 0 amide bonds. The van der Waals surface area contributed by atoms with Crippen LogP contribution in [-0.4, -0.2) is 12.6 Å². The lowest BCUT2D eigenvalue weighted by molar-refractivity contribution is 0.384. The Labute approximate surface area is 105 Å². The molecule has 0 aliphatic heterocycles. The Morgan fingerprint density at radius 3 is 2.44 bits per heavy atom. The van der Waals surface area contributed by atoms with E-state index in [-0.39, 0.29) is 11.0 Å². The van der Waals surface area contributed by atoms with Gasteiger partial charge in [-0.15, -0.1) is 0 Å². The molecule has 2 nitrogen and oxygen atoms in total. The standard InChI is InChI=1S/C13H18BrNO/c1-12(2,15)13(6-7-13)9-4-5-10(14)11(8-9)16-3/h4-5,8H,6-7,15H2,1-3H3. The average Bonchev–Trinajstić information content (AvgIpc) is 2.98. The van der Waals surface area contributed by atoms with Gasteiger partial charge in [0.15, 0.2) is 0 Å². The summed E-state index contributed by atoms with van der Waals surface area (Å²) >= 11 is 3.47. The lowest BCUT2D eigenvalue weighted by atomic mass is 9.79. The molecule has 0 spiro atoms. The minimum atomic E-state index is -0.175. The lowest BCUT2D eigenvalue weighted by Crippen LogP contribution is -2.45. The van der Waals surface area contributed by atoms with E-state index in [4.69, 9.17) is 10.5 Å². The van der Waals surface area contributed by atoms with Gasteiger partial charge in [-0.2, -0.15) is 0 Å². The monoisotopic (exact) mass is 283 g/mol. The maximum absolute atomic E-state index is 6.28. The molecule has 1 saturated carbocycles. The zero-order chi connectivity index (χ0) is 12.0. The van der Waals surface area contributed by atoms with Crippen molar-refractivity contribution in [1.29, 1.82) is 0 Å². The van der Waals surface area contributed by atoms with Crippen LogP contribution < -0.4 is 10.5 Å². The van der Waals surface area contributed by atoms with E-state index in [1.165, 1.54) is 18.4 Å². The summed E-state index contributed by atoms with van der Waals surface area (Å²) in [6, 6.07) is 6.29. The fourth-order valence-corrected chi connectivity index (χ4v) is 2.80. The molecule has 0 atom stereocenters. The number of hydrogen-bond acceptors (Lipinski definition) is 2. The molecule has 2 rings (SSSR count). The highest BCUT2D eigenvalue weighted by atomic mass is 79.9.